The lowest BCUT2D eigenvalue weighted by molar-refractivity contribution is -0.148. The van der Waals surface area contributed by atoms with Crippen LogP contribution in [0.15, 0.2) is 48.5 Å². The van der Waals surface area contributed by atoms with Gasteiger partial charge in [-0.05, 0) is 55.8 Å². The Hall–Kier alpha value is -3.71. The number of rotatable bonds is 6. The van der Waals surface area contributed by atoms with Gasteiger partial charge in [0.15, 0.2) is 5.54 Å². The summed E-state index contributed by atoms with van der Waals surface area (Å²) in [6.07, 6.45) is -1.85. The van der Waals surface area contributed by atoms with Gasteiger partial charge >= 0.3 is 0 Å². The third-order valence-corrected chi connectivity index (χ3v) is 5.38. The molecule has 2 rings (SSSR count). The van der Waals surface area contributed by atoms with E-state index < -0.39 is 35.5 Å². The molecule has 0 aromatic heterocycles. The maximum atomic E-state index is 12.9. The zero-order chi connectivity index (χ0) is 24.8. The number of aliphatic hydroxyl groups is 2. The highest BCUT2D eigenvalue weighted by molar-refractivity contribution is 6.12. The largest absolute Gasteiger partial charge is 0.390 e. The van der Waals surface area contributed by atoms with E-state index in [-0.39, 0.29) is 5.56 Å². The Morgan fingerprint density at radius 1 is 0.939 bits per heavy atom. The quantitative estimate of drug-likeness (QED) is 0.188. The van der Waals surface area contributed by atoms with Gasteiger partial charge < -0.3 is 20.4 Å². The monoisotopic (exact) mass is 453 g/mol. The molecule has 0 bridgehead atoms. The van der Waals surface area contributed by atoms with E-state index in [1.54, 1.807) is 36.4 Å². The van der Waals surface area contributed by atoms with E-state index in [4.69, 9.17) is 5.21 Å². The first-order valence-corrected chi connectivity index (χ1v) is 10.1. The number of aliphatic hydroxyl groups excluding tert-OH is 2. The average Bonchev–Trinajstić information content (AvgIpc) is 2.84. The summed E-state index contributed by atoms with van der Waals surface area (Å²) in [5, 5.41) is 30.7. The molecule has 0 spiro atoms. The number of hydroxylamine groups is 1. The second-order valence-corrected chi connectivity index (χ2v) is 7.59. The van der Waals surface area contributed by atoms with Gasteiger partial charge in [-0.1, -0.05) is 24.0 Å². The van der Waals surface area contributed by atoms with Crippen LogP contribution in [0.4, 0.5) is 0 Å². The van der Waals surface area contributed by atoms with Gasteiger partial charge in [-0.25, -0.2) is 5.48 Å². The molecule has 0 radical (unpaired) electrons. The van der Waals surface area contributed by atoms with E-state index in [0.717, 1.165) is 4.90 Å². The first kappa shape index (κ1) is 25.5. The molecular weight excluding hydrogens is 426 g/mol. The van der Waals surface area contributed by atoms with Crippen molar-refractivity contribution in [2.45, 2.75) is 31.6 Å². The molecule has 0 heterocycles. The molecule has 0 aliphatic rings. The number of carbonyl (C=O) groups excluding carboxylic acids is 3. The minimum atomic E-state index is -1.97. The lowest BCUT2D eigenvalue weighted by Crippen LogP contribution is -2.64. The summed E-state index contributed by atoms with van der Waals surface area (Å²) in [7, 11) is 2.61. The minimum Gasteiger partial charge on any atom is -0.390 e. The molecule has 5 N–H and O–H groups in total. The minimum absolute atomic E-state index is 0.223. The van der Waals surface area contributed by atoms with Crippen molar-refractivity contribution in [1.29, 1.82) is 0 Å². The second-order valence-electron chi connectivity index (χ2n) is 7.59. The molecule has 2 aromatic carbocycles. The van der Waals surface area contributed by atoms with Gasteiger partial charge in [0.25, 0.3) is 17.7 Å². The third-order valence-electron chi connectivity index (χ3n) is 5.38. The summed E-state index contributed by atoms with van der Waals surface area (Å²) in [6.45, 7) is 2.73. The zero-order valence-electron chi connectivity index (χ0n) is 18.8. The van der Waals surface area contributed by atoms with Crippen LogP contribution in [-0.2, 0) is 9.59 Å². The van der Waals surface area contributed by atoms with E-state index in [0.29, 0.717) is 16.7 Å². The number of hydrogen-bond donors (Lipinski definition) is 5. The van der Waals surface area contributed by atoms with Crippen molar-refractivity contribution in [3.8, 4) is 11.8 Å². The van der Waals surface area contributed by atoms with Gasteiger partial charge in [0.2, 0.25) is 0 Å². The molecule has 9 nitrogen and oxygen atoms in total. The average molecular weight is 453 g/mol. The number of likely N-dealkylation sites (N-methyl/N-ethyl adjacent to an activating group) is 2. The molecule has 0 saturated carbocycles. The Morgan fingerprint density at radius 2 is 1.42 bits per heavy atom. The van der Waals surface area contributed by atoms with Crippen LogP contribution in [0.1, 0.15) is 47.0 Å². The Labute approximate surface area is 192 Å². The van der Waals surface area contributed by atoms with Crippen LogP contribution in [0.3, 0.4) is 0 Å². The number of amides is 3. The predicted molar refractivity (Wildman–Crippen MR) is 120 cm³/mol. The Morgan fingerprint density at radius 3 is 1.85 bits per heavy atom. The fraction of sp³-hybridized carbons (Fsp3) is 0.292. The smallest absolute Gasteiger partial charge is 0.278 e. The molecule has 0 unspecified atom stereocenters. The van der Waals surface area contributed by atoms with Crippen LogP contribution in [0, 0.1) is 11.8 Å². The number of carbonyl (C=O) groups is 3. The zero-order valence-corrected chi connectivity index (χ0v) is 18.8. The van der Waals surface area contributed by atoms with Crippen LogP contribution in [0.2, 0.25) is 0 Å². The summed E-state index contributed by atoms with van der Waals surface area (Å²) in [6, 6.07) is 13.1. The van der Waals surface area contributed by atoms with Crippen molar-refractivity contribution in [3.63, 3.8) is 0 Å². The third kappa shape index (κ3) is 5.56. The molecule has 0 aliphatic carbocycles. The van der Waals surface area contributed by atoms with Gasteiger partial charge in [0.1, 0.15) is 6.10 Å². The summed E-state index contributed by atoms with van der Waals surface area (Å²) >= 11 is 0. The Balaban J connectivity index is 2.19. The van der Waals surface area contributed by atoms with E-state index in [2.05, 4.69) is 17.2 Å². The lowest BCUT2D eigenvalue weighted by atomic mass is 9.96. The Kier molecular flexibility index (Phi) is 8.32. The van der Waals surface area contributed by atoms with Crippen LogP contribution >= 0.6 is 0 Å². The molecular formula is C24H27N3O6. The van der Waals surface area contributed by atoms with Crippen LogP contribution < -0.4 is 10.8 Å². The highest BCUT2D eigenvalue weighted by atomic mass is 16.5. The lowest BCUT2D eigenvalue weighted by Gasteiger charge is -2.34. The number of hydrogen-bond acceptors (Lipinski definition) is 6. The van der Waals surface area contributed by atoms with Crippen molar-refractivity contribution in [2.75, 3.05) is 14.1 Å². The topological polar surface area (TPSA) is 139 Å². The molecule has 2 aromatic rings. The summed E-state index contributed by atoms with van der Waals surface area (Å²) < 4.78 is 0. The van der Waals surface area contributed by atoms with Gasteiger partial charge in [0, 0.05) is 30.8 Å². The van der Waals surface area contributed by atoms with E-state index in [1.165, 1.54) is 45.6 Å². The van der Waals surface area contributed by atoms with Crippen LogP contribution in [0.25, 0.3) is 0 Å². The second kappa shape index (κ2) is 10.7. The number of nitrogens with one attached hydrogen (secondary N) is 2. The number of benzene rings is 2. The van der Waals surface area contributed by atoms with Crippen molar-refractivity contribution in [1.82, 2.24) is 15.7 Å². The summed E-state index contributed by atoms with van der Waals surface area (Å²) in [5.74, 6) is 3.52. The fourth-order valence-corrected chi connectivity index (χ4v) is 3.04. The normalized spacial score (nSPS) is 14.0. The molecule has 0 saturated heterocycles. The van der Waals surface area contributed by atoms with Gasteiger partial charge in [-0.3, -0.25) is 19.6 Å². The maximum absolute atomic E-state index is 12.9. The highest BCUT2D eigenvalue weighted by Gasteiger charge is 2.47. The highest BCUT2D eigenvalue weighted by Crippen LogP contribution is 2.19. The van der Waals surface area contributed by atoms with E-state index in [1.807, 2.05) is 0 Å². The fourth-order valence-electron chi connectivity index (χ4n) is 3.04. The molecule has 0 fully saturated rings. The molecule has 174 valence electrons. The molecule has 33 heavy (non-hydrogen) atoms. The van der Waals surface area contributed by atoms with Crippen molar-refractivity contribution < 1.29 is 29.8 Å². The summed E-state index contributed by atoms with van der Waals surface area (Å²) in [4.78, 5) is 38.2. The first-order valence-electron chi connectivity index (χ1n) is 10.1. The van der Waals surface area contributed by atoms with Crippen molar-refractivity contribution in [3.05, 3.63) is 70.8 Å². The van der Waals surface area contributed by atoms with Crippen molar-refractivity contribution in [2.24, 2.45) is 0 Å². The number of nitrogens with zero attached hydrogens (tertiary/aromatic N) is 1. The van der Waals surface area contributed by atoms with Crippen LogP contribution in [-0.4, -0.2) is 63.8 Å². The Bertz CT molecular complexity index is 1050. The van der Waals surface area contributed by atoms with Crippen LogP contribution in [0.5, 0.6) is 0 Å². The van der Waals surface area contributed by atoms with Gasteiger partial charge in [0.05, 0.1) is 6.10 Å². The molecule has 9 heteroatoms. The molecule has 3 amide bonds. The SMILES string of the molecule is CNC(=O)[C@@](C)(C(=O)NO)N(C)C(=O)c1ccc(C#Cc2ccc([C@H](O)[C@@H](C)O)cc2)cc1. The van der Waals surface area contributed by atoms with Gasteiger partial charge in [-0.2, -0.15) is 0 Å². The van der Waals surface area contributed by atoms with Gasteiger partial charge in [-0.15, -0.1) is 0 Å². The standard InChI is InChI=1S/C24H27N3O6/c1-15(28)20(29)18-11-7-16(8-12-18)5-6-17-9-13-19(14-10-17)21(30)27(4)24(2,22(31)25-3)23(32)26-33/h7-15,20,28-29,33H,1-4H3,(H,25,31)(H,26,32)/t15-,20-,24+/m1/s1. The molecule has 3 atom stereocenters. The molecule has 0 aliphatic heterocycles. The summed E-state index contributed by atoms with van der Waals surface area (Å²) in [5.41, 5.74) is 1.60. The predicted octanol–water partition coefficient (Wildman–Crippen LogP) is 0.583. The first-order chi connectivity index (χ1) is 15.6. The van der Waals surface area contributed by atoms with E-state index >= 15 is 0 Å². The maximum Gasteiger partial charge on any atom is 0.278 e. The van der Waals surface area contributed by atoms with E-state index in [9.17, 15) is 24.6 Å². The van der Waals surface area contributed by atoms with Crippen molar-refractivity contribution >= 4 is 17.7 Å².